The molecular weight excluding hydrogens is 378 g/mol. The van der Waals surface area contributed by atoms with E-state index >= 15 is 0 Å². The van der Waals surface area contributed by atoms with Crippen molar-refractivity contribution < 1.29 is 19.0 Å². The summed E-state index contributed by atoms with van der Waals surface area (Å²) in [5.41, 5.74) is -0.321. The van der Waals surface area contributed by atoms with Crippen LogP contribution in [0.1, 0.15) is 36.5 Å². The highest BCUT2D eigenvalue weighted by Crippen LogP contribution is 2.16. The minimum Gasteiger partial charge on any atom is -0.507 e. The SMILES string of the molecule is CC(=NCCNCCN=C(C)c1c(O)cc(C)oc1=O)c1c(O)cc(C)oc1=O. The smallest absolute Gasteiger partial charge is 0.348 e. The van der Waals surface area contributed by atoms with Gasteiger partial charge in [-0.3, -0.25) is 9.98 Å². The number of hydrogen-bond acceptors (Lipinski definition) is 9. The van der Waals surface area contributed by atoms with E-state index in [9.17, 15) is 19.8 Å². The van der Waals surface area contributed by atoms with Gasteiger partial charge >= 0.3 is 11.3 Å². The quantitative estimate of drug-likeness (QED) is 0.449. The molecule has 9 nitrogen and oxygen atoms in total. The molecule has 0 spiro atoms. The van der Waals surface area contributed by atoms with E-state index in [4.69, 9.17) is 8.83 Å². The zero-order chi connectivity index (χ0) is 21.6. The molecule has 0 fully saturated rings. The highest BCUT2D eigenvalue weighted by atomic mass is 16.4. The second-order valence-electron chi connectivity index (χ2n) is 6.49. The van der Waals surface area contributed by atoms with Crippen LogP contribution in [0.25, 0.3) is 0 Å². The summed E-state index contributed by atoms with van der Waals surface area (Å²) in [6.07, 6.45) is 0. The molecule has 3 N–H and O–H groups in total. The summed E-state index contributed by atoms with van der Waals surface area (Å²) >= 11 is 0. The predicted octanol–water partition coefficient (Wildman–Crippen LogP) is 1.53. The minimum atomic E-state index is -0.620. The van der Waals surface area contributed by atoms with Gasteiger partial charge in [0, 0.05) is 25.2 Å². The van der Waals surface area contributed by atoms with Crippen LogP contribution >= 0.6 is 0 Å². The standard InChI is InChI=1S/C20H25N3O6/c1-11-9-15(24)17(19(26)28-11)13(3)22-7-5-21-6-8-23-14(4)18-16(25)10-12(2)29-20(18)27/h9-10,21,24-25H,5-8H2,1-4H3. The van der Waals surface area contributed by atoms with Crippen molar-refractivity contribution >= 4 is 11.4 Å². The van der Waals surface area contributed by atoms with Crippen LogP contribution < -0.4 is 16.6 Å². The maximum Gasteiger partial charge on any atom is 0.348 e. The topological polar surface area (TPSA) is 138 Å². The fourth-order valence-electron chi connectivity index (χ4n) is 2.75. The van der Waals surface area contributed by atoms with Crippen LogP contribution in [0.15, 0.2) is 40.5 Å². The van der Waals surface area contributed by atoms with Crippen molar-refractivity contribution in [2.75, 3.05) is 26.2 Å². The van der Waals surface area contributed by atoms with E-state index in [0.717, 1.165) is 0 Å². The van der Waals surface area contributed by atoms with Crippen molar-refractivity contribution in [3.05, 3.63) is 55.6 Å². The van der Waals surface area contributed by atoms with E-state index in [2.05, 4.69) is 15.3 Å². The van der Waals surface area contributed by atoms with Crippen LogP contribution in [0, 0.1) is 13.8 Å². The molecule has 0 atom stereocenters. The van der Waals surface area contributed by atoms with Gasteiger partial charge in [-0.1, -0.05) is 0 Å². The Hall–Kier alpha value is -3.20. The third kappa shape index (κ3) is 5.89. The first-order valence-electron chi connectivity index (χ1n) is 9.11. The van der Waals surface area contributed by atoms with Crippen LogP contribution in [0.3, 0.4) is 0 Å². The molecule has 29 heavy (non-hydrogen) atoms. The number of rotatable bonds is 8. The van der Waals surface area contributed by atoms with Crippen LogP contribution in [0.4, 0.5) is 0 Å². The molecule has 2 heterocycles. The van der Waals surface area contributed by atoms with Crippen LogP contribution in [-0.4, -0.2) is 47.8 Å². The minimum absolute atomic E-state index is 0.0626. The van der Waals surface area contributed by atoms with E-state index < -0.39 is 11.3 Å². The third-order valence-electron chi connectivity index (χ3n) is 4.11. The monoisotopic (exact) mass is 403 g/mol. The Labute approximate surface area is 167 Å². The molecule has 0 unspecified atom stereocenters. The molecule has 0 radical (unpaired) electrons. The van der Waals surface area contributed by atoms with Crippen LogP contribution in [-0.2, 0) is 0 Å². The van der Waals surface area contributed by atoms with E-state index in [1.165, 1.54) is 12.1 Å². The van der Waals surface area contributed by atoms with E-state index in [0.29, 0.717) is 49.1 Å². The normalized spacial score (nSPS) is 12.4. The van der Waals surface area contributed by atoms with Crippen LogP contribution in [0.2, 0.25) is 0 Å². The van der Waals surface area contributed by atoms with Gasteiger partial charge in [-0.15, -0.1) is 0 Å². The molecular formula is C20H25N3O6. The first-order chi connectivity index (χ1) is 13.7. The highest BCUT2D eigenvalue weighted by Gasteiger charge is 2.13. The predicted molar refractivity (Wildman–Crippen MR) is 110 cm³/mol. The van der Waals surface area contributed by atoms with Crippen molar-refractivity contribution in [1.29, 1.82) is 0 Å². The summed E-state index contributed by atoms with van der Waals surface area (Å²) in [6.45, 7) is 8.27. The average Bonchev–Trinajstić information content (AvgIpc) is 2.59. The summed E-state index contributed by atoms with van der Waals surface area (Å²) in [4.78, 5) is 32.2. The Morgan fingerprint density at radius 2 is 1.24 bits per heavy atom. The molecule has 0 aliphatic carbocycles. The summed E-state index contributed by atoms with van der Waals surface area (Å²) < 4.78 is 9.96. The fraction of sp³-hybridized carbons (Fsp3) is 0.400. The lowest BCUT2D eigenvalue weighted by Crippen LogP contribution is -2.22. The summed E-state index contributed by atoms with van der Waals surface area (Å²) in [6, 6.07) is 2.75. The lowest BCUT2D eigenvalue weighted by Gasteiger charge is -2.05. The Morgan fingerprint density at radius 1 is 0.862 bits per heavy atom. The maximum atomic E-state index is 11.8. The van der Waals surface area contributed by atoms with E-state index in [1.54, 1.807) is 27.7 Å². The molecule has 2 aromatic heterocycles. The second kappa shape index (κ2) is 9.83. The van der Waals surface area contributed by atoms with Gasteiger partial charge in [0.15, 0.2) is 0 Å². The summed E-state index contributed by atoms with van der Waals surface area (Å²) in [7, 11) is 0. The Bertz CT molecular complexity index is 966. The molecule has 0 aromatic carbocycles. The first-order valence-corrected chi connectivity index (χ1v) is 9.11. The number of hydrogen-bond donors (Lipinski definition) is 3. The molecule has 0 saturated heterocycles. The number of aryl methyl sites for hydroxylation is 2. The summed E-state index contributed by atoms with van der Waals surface area (Å²) in [5.74, 6) is 0.361. The fourth-order valence-corrected chi connectivity index (χ4v) is 2.75. The van der Waals surface area contributed by atoms with Gasteiger partial charge in [-0.25, -0.2) is 9.59 Å². The van der Waals surface area contributed by atoms with Gasteiger partial charge < -0.3 is 24.4 Å². The Morgan fingerprint density at radius 3 is 1.59 bits per heavy atom. The van der Waals surface area contributed by atoms with Crippen molar-refractivity contribution in [2.45, 2.75) is 27.7 Å². The Balaban J connectivity index is 1.85. The number of nitrogens with zero attached hydrogens (tertiary/aromatic N) is 2. The maximum absolute atomic E-state index is 11.8. The van der Waals surface area contributed by atoms with Gasteiger partial charge in [-0.2, -0.15) is 0 Å². The molecule has 2 aromatic rings. The lowest BCUT2D eigenvalue weighted by atomic mass is 10.1. The zero-order valence-corrected chi connectivity index (χ0v) is 16.9. The highest BCUT2D eigenvalue weighted by molar-refractivity contribution is 6.01. The van der Waals surface area contributed by atoms with Gasteiger partial charge in [0.25, 0.3) is 0 Å². The van der Waals surface area contributed by atoms with Gasteiger partial charge in [0.2, 0.25) is 0 Å². The molecule has 9 heteroatoms. The zero-order valence-electron chi connectivity index (χ0n) is 16.9. The van der Waals surface area contributed by atoms with E-state index in [-0.39, 0.29) is 22.6 Å². The number of aromatic hydroxyl groups is 2. The van der Waals surface area contributed by atoms with Gasteiger partial charge in [0.1, 0.15) is 34.1 Å². The van der Waals surface area contributed by atoms with Crippen molar-refractivity contribution in [1.82, 2.24) is 5.32 Å². The average molecular weight is 403 g/mol. The van der Waals surface area contributed by atoms with Crippen molar-refractivity contribution in [2.24, 2.45) is 9.98 Å². The molecule has 0 amide bonds. The molecule has 0 aliphatic rings. The summed E-state index contributed by atoms with van der Waals surface area (Å²) in [5, 5.41) is 22.9. The molecule has 0 aliphatic heterocycles. The van der Waals surface area contributed by atoms with Crippen molar-refractivity contribution in [3.8, 4) is 11.5 Å². The van der Waals surface area contributed by atoms with Crippen molar-refractivity contribution in [3.63, 3.8) is 0 Å². The second-order valence-corrected chi connectivity index (χ2v) is 6.49. The number of aliphatic imine (C=N–C) groups is 2. The molecule has 0 bridgehead atoms. The lowest BCUT2D eigenvalue weighted by molar-refractivity contribution is 0.431. The molecule has 0 saturated carbocycles. The van der Waals surface area contributed by atoms with Gasteiger partial charge in [-0.05, 0) is 27.7 Å². The first kappa shape index (κ1) is 22.1. The van der Waals surface area contributed by atoms with Gasteiger partial charge in [0.05, 0.1) is 24.5 Å². The largest absolute Gasteiger partial charge is 0.507 e. The molecule has 2 rings (SSSR count). The molecule has 156 valence electrons. The van der Waals surface area contributed by atoms with Crippen LogP contribution in [0.5, 0.6) is 11.5 Å². The number of nitrogens with one attached hydrogen (secondary N) is 1. The third-order valence-corrected chi connectivity index (χ3v) is 4.11. The Kier molecular flexibility index (Phi) is 7.49. The van der Waals surface area contributed by atoms with E-state index in [1.807, 2.05) is 0 Å².